The quantitative estimate of drug-likeness (QED) is 0.598. The Bertz CT molecular complexity index is 1200. The number of amides is 1. The van der Waals surface area contributed by atoms with Crippen molar-refractivity contribution in [2.24, 2.45) is 0 Å². The molecule has 2 aromatic carbocycles. The van der Waals surface area contributed by atoms with Crippen molar-refractivity contribution in [1.29, 1.82) is 0 Å². The fourth-order valence-electron chi connectivity index (χ4n) is 5.02. The lowest BCUT2D eigenvalue weighted by Crippen LogP contribution is -2.38. The third kappa shape index (κ3) is 4.19. The highest BCUT2D eigenvalue weighted by Crippen LogP contribution is 2.31. The summed E-state index contributed by atoms with van der Waals surface area (Å²) in [6, 6.07) is 12.4. The van der Waals surface area contributed by atoms with Crippen molar-refractivity contribution in [1.82, 2.24) is 14.9 Å². The van der Waals surface area contributed by atoms with Crippen molar-refractivity contribution < 1.29 is 9.53 Å². The minimum absolute atomic E-state index is 0.106. The number of carbonyl (C=O) groups excluding carboxylic acids is 1. The maximum absolute atomic E-state index is 13.5. The number of fused-ring (bicyclic) bond motifs is 1. The number of hydrogen-bond acceptors (Lipinski definition) is 3. The Kier molecular flexibility index (Phi) is 5.78. The van der Waals surface area contributed by atoms with E-state index in [2.05, 4.69) is 36.0 Å². The molecule has 33 heavy (non-hydrogen) atoms. The van der Waals surface area contributed by atoms with Crippen molar-refractivity contribution in [2.45, 2.75) is 45.6 Å². The smallest absolute Gasteiger partial charge is 0.254 e. The van der Waals surface area contributed by atoms with E-state index in [0.29, 0.717) is 19.1 Å². The van der Waals surface area contributed by atoms with Crippen LogP contribution in [0.25, 0.3) is 11.4 Å². The monoisotopic (exact) mass is 439 g/mol. The summed E-state index contributed by atoms with van der Waals surface area (Å²) in [5.41, 5.74) is 8.20. The van der Waals surface area contributed by atoms with Crippen molar-refractivity contribution >= 4 is 5.91 Å². The van der Waals surface area contributed by atoms with E-state index in [4.69, 9.17) is 16.1 Å². The third-order valence-electron chi connectivity index (χ3n) is 6.98. The molecule has 1 N–H and O–H groups in total. The SMILES string of the molecule is C#Cc1ccc(C2CCN(C(=O)c3cc(-c4nc5c([nH]4)COCC5)c(C)cc3C)CC2)cc1. The zero-order valence-corrected chi connectivity index (χ0v) is 19.3. The number of ether oxygens (including phenoxy) is 1. The number of aromatic amines is 1. The number of aryl methyl sites for hydroxylation is 2. The third-order valence-corrected chi connectivity index (χ3v) is 6.98. The van der Waals surface area contributed by atoms with Crippen molar-refractivity contribution in [3.8, 4) is 23.7 Å². The fourth-order valence-corrected chi connectivity index (χ4v) is 5.02. The van der Waals surface area contributed by atoms with Crippen molar-refractivity contribution in [3.05, 3.63) is 75.6 Å². The Labute approximate surface area is 195 Å². The molecule has 0 unspecified atom stereocenters. The molecule has 5 heteroatoms. The summed E-state index contributed by atoms with van der Waals surface area (Å²) in [5.74, 6) is 4.07. The maximum atomic E-state index is 13.5. The van der Waals surface area contributed by atoms with Crippen LogP contribution in [0.5, 0.6) is 0 Å². The van der Waals surface area contributed by atoms with Gasteiger partial charge < -0.3 is 14.6 Å². The van der Waals surface area contributed by atoms with E-state index in [1.165, 1.54) is 5.56 Å². The Morgan fingerprint density at radius 1 is 1.15 bits per heavy atom. The van der Waals surface area contributed by atoms with Gasteiger partial charge in [0.15, 0.2) is 0 Å². The number of nitrogens with zero attached hydrogens (tertiary/aromatic N) is 2. The summed E-state index contributed by atoms with van der Waals surface area (Å²) < 4.78 is 5.55. The second kappa shape index (κ2) is 8.88. The van der Waals surface area contributed by atoms with Gasteiger partial charge in [0.25, 0.3) is 5.91 Å². The zero-order chi connectivity index (χ0) is 22.9. The van der Waals surface area contributed by atoms with Crippen LogP contribution in [0.15, 0.2) is 36.4 Å². The van der Waals surface area contributed by atoms with Crippen LogP contribution in [0.1, 0.15) is 62.8 Å². The fraction of sp³-hybridized carbons (Fsp3) is 0.357. The minimum atomic E-state index is 0.106. The number of piperidine rings is 1. The van der Waals surface area contributed by atoms with Crippen LogP contribution in [0.4, 0.5) is 0 Å². The highest BCUT2D eigenvalue weighted by molar-refractivity contribution is 5.97. The molecule has 0 aliphatic carbocycles. The van der Waals surface area contributed by atoms with Crippen molar-refractivity contribution in [3.63, 3.8) is 0 Å². The Balaban J connectivity index is 1.34. The summed E-state index contributed by atoms with van der Waals surface area (Å²) in [7, 11) is 0. The lowest BCUT2D eigenvalue weighted by molar-refractivity contribution is 0.0712. The molecule has 1 aromatic heterocycles. The van der Waals surface area contributed by atoms with E-state index < -0.39 is 0 Å². The second-order valence-electron chi connectivity index (χ2n) is 9.13. The molecule has 3 aromatic rings. The highest BCUT2D eigenvalue weighted by Gasteiger charge is 2.26. The van der Waals surface area contributed by atoms with Gasteiger partial charge in [0.2, 0.25) is 0 Å². The first-order valence-electron chi connectivity index (χ1n) is 11.7. The van der Waals surface area contributed by atoms with Gasteiger partial charge in [-0.15, -0.1) is 6.42 Å². The predicted molar refractivity (Wildman–Crippen MR) is 129 cm³/mol. The molecule has 3 heterocycles. The van der Waals surface area contributed by atoms with Crippen LogP contribution in [0.2, 0.25) is 0 Å². The standard InChI is InChI=1S/C28H29N3O2/c1-4-20-5-7-21(8-6-20)22-9-12-31(13-10-22)28(32)24-16-23(18(2)15-19(24)3)27-29-25-11-14-33-17-26(25)30-27/h1,5-8,15-16,22H,9-14,17H2,2-3H3,(H,29,30). The van der Waals surface area contributed by atoms with Crippen LogP contribution in [-0.2, 0) is 17.8 Å². The number of likely N-dealkylation sites (tertiary alicyclic amines) is 1. The van der Waals surface area contributed by atoms with E-state index in [0.717, 1.165) is 77.4 Å². The van der Waals surface area contributed by atoms with Gasteiger partial charge in [-0.25, -0.2) is 4.98 Å². The van der Waals surface area contributed by atoms with Gasteiger partial charge in [0, 0.05) is 36.2 Å². The van der Waals surface area contributed by atoms with Crippen LogP contribution < -0.4 is 0 Å². The van der Waals surface area contributed by atoms with E-state index in [9.17, 15) is 4.79 Å². The highest BCUT2D eigenvalue weighted by atomic mass is 16.5. The van der Waals surface area contributed by atoms with Crippen LogP contribution in [-0.4, -0.2) is 40.5 Å². The van der Waals surface area contributed by atoms with Gasteiger partial charge in [-0.05, 0) is 67.5 Å². The number of rotatable bonds is 3. The lowest BCUT2D eigenvalue weighted by atomic mass is 9.88. The first kappa shape index (κ1) is 21.5. The van der Waals surface area contributed by atoms with Gasteiger partial charge in [0.05, 0.1) is 24.6 Å². The average molecular weight is 440 g/mol. The summed E-state index contributed by atoms with van der Waals surface area (Å²) in [6.45, 7) is 6.89. The van der Waals surface area contributed by atoms with Crippen LogP contribution in [0.3, 0.4) is 0 Å². The number of nitrogens with one attached hydrogen (secondary N) is 1. The molecule has 0 bridgehead atoms. The number of imidazole rings is 1. The molecular formula is C28H29N3O2. The second-order valence-corrected chi connectivity index (χ2v) is 9.13. The first-order chi connectivity index (χ1) is 16.0. The van der Waals surface area contributed by atoms with Gasteiger partial charge in [-0.2, -0.15) is 0 Å². The zero-order valence-electron chi connectivity index (χ0n) is 19.3. The molecule has 1 amide bonds. The summed E-state index contributed by atoms with van der Waals surface area (Å²) in [4.78, 5) is 23.7. The summed E-state index contributed by atoms with van der Waals surface area (Å²) in [5, 5.41) is 0. The largest absolute Gasteiger partial charge is 0.375 e. The van der Waals surface area contributed by atoms with E-state index in [-0.39, 0.29) is 5.91 Å². The van der Waals surface area contributed by atoms with E-state index in [1.54, 1.807) is 0 Å². The Hall–Kier alpha value is -3.36. The molecule has 0 radical (unpaired) electrons. The molecule has 168 valence electrons. The summed E-state index contributed by atoms with van der Waals surface area (Å²) >= 11 is 0. The maximum Gasteiger partial charge on any atom is 0.254 e. The number of terminal acetylenes is 1. The van der Waals surface area contributed by atoms with E-state index in [1.807, 2.05) is 30.0 Å². The van der Waals surface area contributed by atoms with Crippen molar-refractivity contribution in [2.75, 3.05) is 19.7 Å². The Morgan fingerprint density at radius 3 is 2.61 bits per heavy atom. The minimum Gasteiger partial charge on any atom is -0.375 e. The topological polar surface area (TPSA) is 58.2 Å². The molecule has 0 spiro atoms. The molecule has 0 saturated carbocycles. The normalized spacial score (nSPS) is 16.3. The summed E-state index contributed by atoms with van der Waals surface area (Å²) in [6.07, 6.45) is 8.22. The molecule has 1 fully saturated rings. The molecule has 5 nitrogen and oxygen atoms in total. The molecule has 5 rings (SSSR count). The number of H-pyrrole nitrogens is 1. The molecule has 1 saturated heterocycles. The molecule has 0 atom stereocenters. The van der Waals surface area contributed by atoms with Gasteiger partial charge in [0.1, 0.15) is 5.82 Å². The number of aromatic nitrogens is 2. The first-order valence-corrected chi connectivity index (χ1v) is 11.7. The van der Waals surface area contributed by atoms with E-state index >= 15 is 0 Å². The van der Waals surface area contributed by atoms with Crippen LogP contribution >= 0.6 is 0 Å². The average Bonchev–Trinajstić information content (AvgIpc) is 3.28. The van der Waals surface area contributed by atoms with Gasteiger partial charge >= 0.3 is 0 Å². The molecule has 2 aliphatic heterocycles. The number of carbonyl (C=O) groups is 1. The number of benzene rings is 2. The molecule has 2 aliphatic rings. The van der Waals surface area contributed by atoms with Gasteiger partial charge in [-0.3, -0.25) is 4.79 Å². The predicted octanol–water partition coefficient (Wildman–Crippen LogP) is 4.77. The van der Waals surface area contributed by atoms with Gasteiger partial charge in [-0.1, -0.05) is 24.1 Å². The van der Waals surface area contributed by atoms with Crippen LogP contribution in [0, 0.1) is 26.2 Å². The molecular weight excluding hydrogens is 410 g/mol. The number of hydrogen-bond donors (Lipinski definition) is 1. The Morgan fingerprint density at radius 2 is 1.91 bits per heavy atom. The lowest BCUT2D eigenvalue weighted by Gasteiger charge is -2.33.